The van der Waals surface area contributed by atoms with E-state index in [1.54, 1.807) is 25.1 Å². The van der Waals surface area contributed by atoms with Gasteiger partial charge in [-0.3, -0.25) is 9.59 Å². The number of rotatable bonds is 6. The molecule has 0 aromatic heterocycles. The van der Waals surface area contributed by atoms with Crippen LogP contribution in [0.25, 0.3) is 0 Å². The van der Waals surface area contributed by atoms with Crippen LogP contribution in [0.5, 0.6) is 0 Å². The Balaban J connectivity index is 0.000000572. The first-order valence-electron chi connectivity index (χ1n) is 10.8. The fraction of sp³-hybridized carbons (Fsp3) is 0.333. The summed E-state index contributed by atoms with van der Waals surface area (Å²) in [6.07, 6.45) is -4.39. The van der Waals surface area contributed by atoms with Gasteiger partial charge < -0.3 is 21.1 Å². The third kappa shape index (κ3) is 8.87. The molecule has 2 aromatic rings. The predicted molar refractivity (Wildman–Crippen MR) is 125 cm³/mol. The van der Waals surface area contributed by atoms with E-state index in [0.717, 1.165) is 12.1 Å². The molecular formula is C24H24ClF3N4O4. The number of carboxylic acids is 1. The van der Waals surface area contributed by atoms with Crippen molar-refractivity contribution in [2.45, 2.75) is 44.1 Å². The number of nitrogens with one attached hydrogen (secondary N) is 3. The fourth-order valence-electron chi connectivity index (χ4n) is 3.45. The molecule has 1 aliphatic heterocycles. The smallest absolute Gasteiger partial charge is 0.475 e. The van der Waals surface area contributed by atoms with Crippen molar-refractivity contribution in [2.24, 2.45) is 0 Å². The Labute approximate surface area is 210 Å². The second-order valence-electron chi connectivity index (χ2n) is 8.02. The van der Waals surface area contributed by atoms with Gasteiger partial charge in [0, 0.05) is 18.1 Å². The van der Waals surface area contributed by atoms with Crippen molar-refractivity contribution in [1.29, 1.82) is 5.26 Å². The predicted octanol–water partition coefficient (Wildman–Crippen LogP) is 3.11. The van der Waals surface area contributed by atoms with Gasteiger partial charge in [0.15, 0.2) is 0 Å². The zero-order chi connectivity index (χ0) is 26.9. The molecule has 2 amide bonds. The number of nitriles is 1. The minimum Gasteiger partial charge on any atom is -0.475 e. The molecule has 2 aromatic carbocycles. The number of amides is 2. The van der Waals surface area contributed by atoms with E-state index in [4.69, 9.17) is 26.8 Å². The maximum absolute atomic E-state index is 12.5. The van der Waals surface area contributed by atoms with Gasteiger partial charge in [0.25, 0.3) is 0 Å². The Morgan fingerprint density at radius 3 is 2.44 bits per heavy atom. The molecule has 3 rings (SSSR count). The average Bonchev–Trinajstić information content (AvgIpc) is 3.33. The molecule has 0 spiro atoms. The summed E-state index contributed by atoms with van der Waals surface area (Å²) in [6, 6.07) is 16.1. The van der Waals surface area contributed by atoms with E-state index >= 15 is 0 Å². The normalized spacial score (nSPS) is 17.7. The van der Waals surface area contributed by atoms with Crippen molar-refractivity contribution >= 4 is 29.4 Å². The number of benzene rings is 2. The Bertz CT molecular complexity index is 1120. The second-order valence-corrected chi connectivity index (χ2v) is 8.45. The van der Waals surface area contributed by atoms with Crippen LogP contribution in [-0.2, 0) is 20.9 Å². The molecule has 4 N–H and O–H groups in total. The summed E-state index contributed by atoms with van der Waals surface area (Å²) >= 11 is 5.98. The lowest BCUT2D eigenvalue weighted by atomic mass is 9.96. The summed E-state index contributed by atoms with van der Waals surface area (Å²) in [6.45, 7) is 2.61. The topological polar surface area (TPSA) is 131 Å². The van der Waals surface area contributed by atoms with Crippen molar-refractivity contribution in [1.82, 2.24) is 16.0 Å². The fourth-order valence-corrected chi connectivity index (χ4v) is 3.71. The van der Waals surface area contributed by atoms with Crippen LogP contribution in [0.4, 0.5) is 13.2 Å². The molecule has 12 heteroatoms. The number of nitrogens with zero attached hydrogens (tertiary/aromatic N) is 1. The molecule has 0 radical (unpaired) electrons. The molecule has 0 bridgehead atoms. The summed E-state index contributed by atoms with van der Waals surface area (Å²) in [4.78, 5) is 33.8. The molecule has 0 aliphatic carbocycles. The van der Waals surface area contributed by atoms with E-state index < -0.39 is 18.2 Å². The first-order valence-corrected chi connectivity index (χ1v) is 11.1. The van der Waals surface area contributed by atoms with Gasteiger partial charge >= 0.3 is 12.1 Å². The van der Waals surface area contributed by atoms with Gasteiger partial charge in [0.1, 0.15) is 6.04 Å². The minimum absolute atomic E-state index is 0.180. The third-order valence-electron chi connectivity index (χ3n) is 5.27. The highest BCUT2D eigenvalue weighted by molar-refractivity contribution is 6.30. The van der Waals surface area contributed by atoms with Crippen molar-refractivity contribution in [3.63, 3.8) is 0 Å². The monoisotopic (exact) mass is 524 g/mol. The molecule has 1 saturated heterocycles. The van der Waals surface area contributed by atoms with E-state index in [1.807, 2.05) is 24.3 Å². The number of carbonyl (C=O) groups is 3. The lowest BCUT2D eigenvalue weighted by molar-refractivity contribution is -0.192. The number of carbonyl (C=O) groups excluding carboxylic acids is 2. The summed E-state index contributed by atoms with van der Waals surface area (Å²) in [7, 11) is 0. The minimum atomic E-state index is -5.08. The molecule has 0 saturated carbocycles. The van der Waals surface area contributed by atoms with Crippen molar-refractivity contribution in [3.8, 4) is 6.07 Å². The first-order chi connectivity index (χ1) is 16.9. The summed E-state index contributed by atoms with van der Waals surface area (Å²) in [5.41, 5.74) is 2.37. The van der Waals surface area contributed by atoms with Gasteiger partial charge in [-0.05, 0) is 48.6 Å². The van der Waals surface area contributed by atoms with Crippen LogP contribution >= 0.6 is 11.6 Å². The molecule has 36 heavy (non-hydrogen) atoms. The summed E-state index contributed by atoms with van der Waals surface area (Å²) in [5.74, 6) is -2.95. The lowest BCUT2D eigenvalue weighted by Crippen LogP contribution is -2.49. The molecule has 1 fully saturated rings. The quantitative estimate of drug-likeness (QED) is 0.459. The molecule has 192 valence electrons. The zero-order valence-corrected chi connectivity index (χ0v) is 19.9. The van der Waals surface area contributed by atoms with Gasteiger partial charge in [0.05, 0.1) is 17.7 Å². The van der Waals surface area contributed by atoms with Gasteiger partial charge in [-0.2, -0.15) is 18.4 Å². The van der Waals surface area contributed by atoms with E-state index in [1.165, 1.54) is 5.56 Å². The van der Waals surface area contributed by atoms with Gasteiger partial charge in [-0.1, -0.05) is 41.9 Å². The Kier molecular flexibility index (Phi) is 10.3. The van der Waals surface area contributed by atoms with Gasteiger partial charge in [0.2, 0.25) is 11.8 Å². The number of alkyl halides is 3. The van der Waals surface area contributed by atoms with Crippen LogP contribution in [0.2, 0.25) is 5.02 Å². The van der Waals surface area contributed by atoms with Crippen molar-refractivity contribution in [2.75, 3.05) is 6.54 Å². The van der Waals surface area contributed by atoms with E-state index in [9.17, 15) is 22.8 Å². The lowest BCUT2D eigenvalue weighted by Gasteiger charge is -2.17. The Morgan fingerprint density at radius 1 is 1.22 bits per heavy atom. The number of aliphatic carboxylic acids is 1. The Morgan fingerprint density at radius 2 is 1.86 bits per heavy atom. The molecule has 1 aliphatic rings. The SMILES string of the molecule is C[C@H](NC(=O)[C@H]1C[C@H](c2ccccc2)CN1)C(=O)NCc1cc(Cl)cc(C#N)c1.O=C(O)C(F)(F)F. The van der Waals surface area contributed by atoms with Gasteiger partial charge in [-0.15, -0.1) is 0 Å². The van der Waals surface area contributed by atoms with Crippen LogP contribution in [0.15, 0.2) is 48.5 Å². The number of halogens is 4. The number of hydrogen-bond acceptors (Lipinski definition) is 5. The molecule has 8 nitrogen and oxygen atoms in total. The number of hydrogen-bond donors (Lipinski definition) is 4. The second kappa shape index (κ2) is 12.9. The van der Waals surface area contributed by atoms with E-state index in [2.05, 4.69) is 28.1 Å². The van der Waals surface area contributed by atoms with Gasteiger partial charge in [-0.25, -0.2) is 4.79 Å². The van der Waals surface area contributed by atoms with Crippen molar-refractivity contribution in [3.05, 3.63) is 70.2 Å². The largest absolute Gasteiger partial charge is 0.490 e. The molecular weight excluding hydrogens is 501 g/mol. The summed E-state index contributed by atoms with van der Waals surface area (Å²) in [5, 5.41) is 25.3. The number of carboxylic acid groups (broad SMARTS) is 1. The highest BCUT2D eigenvalue weighted by Gasteiger charge is 2.38. The zero-order valence-electron chi connectivity index (χ0n) is 19.1. The first kappa shape index (κ1) is 28.6. The van der Waals surface area contributed by atoms with Crippen LogP contribution in [0, 0.1) is 11.3 Å². The standard InChI is InChI=1S/C22H23ClN4O2.C2HF3O2/c1-14(21(28)26-12-16-7-15(11-24)8-19(23)9-16)27-22(29)20-10-18(13-25-20)17-5-3-2-4-6-17;3-2(4,5)1(6)7/h2-9,14,18,20,25H,10,12-13H2,1H3,(H,26,28)(H,27,29);(H,6,7)/t14-,18-,20+;/m0./s1. The molecule has 0 unspecified atom stereocenters. The maximum atomic E-state index is 12.5. The molecule has 1 heterocycles. The van der Waals surface area contributed by atoms with E-state index in [-0.39, 0.29) is 30.3 Å². The molecule has 3 atom stereocenters. The van der Waals surface area contributed by atoms with E-state index in [0.29, 0.717) is 17.0 Å². The Hall–Kier alpha value is -3.62. The highest BCUT2D eigenvalue weighted by atomic mass is 35.5. The van der Waals surface area contributed by atoms with Crippen LogP contribution in [-0.4, -0.2) is 47.7 Å². The van der Waals surface area contributed by atoms with Crippen LogP contribution < -0.4 is 16.0 Å². The summed E-state index contributed by atoms with van der Waals surface area (Å²) < 4.78 is 31.7. The maximum Gasteiger partial charge on any atom is 0.490 e. The highest BCUT2D eigenvalue weighted by Crippen LogP contribution is 2.25. The van der Waals surface area contributed by atoms with Crippen molar-refractivity contribution < 1.29 is 32.7 Å². The van der Waals surface area contributed by atoms with Crippen LogP contribution in [0.3, 0.4) is 0 Å². The van der Waals surface area contributed by atoms with Crippen LogP contribution in [0.1, 0.15) is 36.0 Å². The third-order valence-corrected chi connectivity index (χ3v) is 5.48. The average molecular weight is 525 g/mol.